The largest absolute Gasteiger partial charge is 0.329 e. The molecule has 0 aliphatic carbocycles. The van der Waals surface area contributed by atoms with E-state index in [9.17, 15) is 0 Å². The van der Waals surface area contributed by atoms with Crippen molar-refractivity contribution in [3.63, 3.8) is 0 Å². The Bertz CT molecular complexity index is 210. The van der Waals surface area contributed by atoms with Gasteiger partial charge in [0.25, 0.3) is 0 Å². The van der Waals surface area contributed by atoms with Crippen LogP contribution in [0.5, 0.6) is 0 Å². The van der Waals surface area contributed by atoms with Crippen LogP contribution >= 0.6 is 11.8 Å². The first-order valence-electron chi connectivity index (χ1n) is 6.20. The van der Waals surface area contributed by atoms with E-state index in [2.05, 4.69) is 49.6 Å². The van der Waals surface area contributed by atoms with Crippen molar-refractivity contribution in [2.45, 2.75) is 30.6 Å². The van der Waals surface area contributed by atoms with E-state index in [0.717, 1.165) is 19.6 Å². The summed E-state index contributed by atoms with van der Waals surface area (Å²) in [5.41, 5.74) is 6.27. The van der Waals surface area contributed by atoms with Gasteiger partial charge in [-0.05, 0) is 52.8 Å². The standard InChI is InChI=1S/C12H27N3S/c1-11-12(10-13,6-9-16-11)15(4)8-5-7-14(2)3/h11H,5-10,13H2,1-4H3. The molecule has 16 heavy (non-hydrogen) atoms. The Labute approximate surface area is 105 Å². The summed E-state index contributed by atoms with van der Waals surface area (Å²) in [6.45, 7) is 5.43. The van der Waals surface area contributed by atoms with E-state index in [4.69, 9.17) is 5.73 Å². The maximum Gasteiger partial charge on any atom is 0.0452 e. The molecule has 2 unspecified atom stereocenters. The van der Waals surface area contributed by atoms with Gasteiger partial charge in [0.1, 0.15) is 0 Å². The van der Waals surface area contributed by atoms with Gasteiger partial charge in [-0.1, -0.05) is 6.92 Å². The highest BCUT2D eigenvalue weighted by molar-refractivity contribution is 8.00. The molecule has 1 heterocycles. The molecule has 0 amide bonds. The molecule has 2 N–H and O–H groups in total. The van der Waals surface area contributed by atoms with E-state index >= 15 is 0 Å². The Kier molecular flexibility index (Phi) is 5.57. The molecule has 1 saturated heterocycles. The van der Waals surface area contributed by atoms with Crippen molar-refractivity contribution in [2.75, 3.05) is 46.5 Å². The van der Waals surface area contributed by atoms with Crippen LogP contribution in [0, 0.1) is 0 Å². The van der Waals surface area contributed by atoms with Gasteiger partial charge in [-0.25, -0.2) is 0 Å². The van der Waals surface area contributed by atoms with Gasteiger partial charge < -0.3 is 10.6 Å². The van der Waals surface area contributed by atoms with Gasteiger partial charge in [-0.2, -0.15) is 11.8 Å². The summed E-state index contributed by atoms with van der Waals surface area (Å²) in [5, 5.41) is 0.668. The number of likely N-dealkylation sites (N-methyl/N-ethyl adjacent to an activating group) is 1. The van der Waals surface area contributed by atoms with Crippen molar-refractivity contribution in [3.8, 4) is 0 Å². The molecule has 1 aliphatic rings. The molecule has 0 spiro atoms. The third-order valence-electron chi connectivity index (χ3n) is 3.87. The molecule has 0 saturated carbocycles. The van der Waals surface area contributed by atoms with Crippen LogP contribution in [0.3, 0.4) is 0 Å². The first-order chi connectivity index (χ1) is 7.53. The van der Waals surface area contributed by atoms with Crippen LogP contribution in [0.25, 0.3) is 0 Å². The van der Waals surface area contributed by atoms with E-state index in [-0.39, 0.29) is 5.54 Å². The van der Waals surface area contributed by atoms with E-state index in [1.807, 2.05) is 0 Å². The molecule has 0 aromatic rings. The lowest BCUT2D eigenvalue weighted by Crippen LogP contribution is -2.56. The van der Waals surface area contributed by atoms with Gasteiger partial charge in [-0.3, -0.25) is 4.90 Å². The maximum atomic E-state index is 6.03. The molecule has 96 valence electrons. The zero-order valence-electron chi connectivity index (χ0n) is 11.2. The Balaban J connectivity index is 2.46. The predicted molar refractivity (Wildman–Crippen MR) is 74.1 cm³/mol. The lowest BCUT2D eigenvalue weighted by molar-refractivity contribution is 0.125. The summed E-state index contributed by atoms with van der Waals surface area (Å²) < 4.78 is 0. The Hall–Kier alpha value is 0.230. The number of hydrogen-bond donors (Lipinski definition) is 1. The normalized spacial score (nSPS) is 30.6. The molecule has 0 aromatic heterocycles. The zero-order chi connectivity index (χ0) is 12.2. The van der Waals surface area contributed by atoms with Crippen LogP contribution in [0.4, 0.5) is 0 Å². The highest BCUT2D eigenvalue weighted by Crippen LogP contribution is 2.38. The number of hydrogen-bond acceptors (Lipinski definition) is 4. The number of rotatable bonds is 6. The molecule has 0 bridgehead atoms. The van der Waals surface area contributed by atoms with Crippen molar-refractivity contribution in [1.82, 2.24) is 9.80 Å². The smallest absolute Gasteiger partial charge is 0.0452 e. The molecule has 1 fully saturated rings. The SMILES string of the molecule is CC1SCCC1(CN)N(C)CCCN(C)C. The fraction of sp³-hybridized carbons (Fsp3) is 1.00. The van der Waals surface area contributed by atoms with E-state index in [1.165, 1.54) is 18.6 Å². The second kappa shape index (κ2) is 6.24. The minimum atomic E-state index is 0.247. The predicted octanol–water partition coefficient (Wildman–Crippen LogP) is 1.09. The van der Waals surface area contributed by atoms with Gasteiger partial charge in [0.05, 0.1) is 0 Å². The van der Waals surface area contributed by atoms with Crippen LogP contribution in [0.1, 0.15) is 19.8 Å². The lowest BCUT2D eigenvalue weighted by atomic mass is 9.91. The first kappa shape index (κ1) is 14.3. The topological polar surface area (TPSA) is 32.5 Å². The van der Waals surface area contributed by atoms with E-state index in [0.29, 0.717) is 5.25 Å². The average molecular weight is 245 g/mol. The summed E-state index contributed by atoms with van der Waals surface area (Å²) in [5.74, 6) is 1.26. The third-order valence-corrected chi connectivity index (χ3v) is 5.25. The fourth-order valence-electron chi connectivity index (χ4n) is 2.54. The number of nitrogens with zero attached hydrogens (tertiary/aromatic N) is 2. The molecule has 2 atom stereocenters. The van der Waals surface area contributed by atoms with E-state index < -0.39 is 0 Å². The summed E-state index contributed by atoms with van der Waals surface area (Å²) in [6, 6.07) is 0. The van der Waals surface area contributed by atoms with Crippen molar-refractivity contribution in [2.24, 2.45) is 5.73 Å². The van der Waals surface area contributed by atoms with Crippen LogP contribution < -0.4 is 5.73 Å². The second-order valence-corrected chi connectivity index (χ2v) is 6.60. The van der Waals surface area contributed by atoms with Gasteiger partial charge in [0.2, 0.25) is 0 Å². The molecule has 1 rings (SSSR count). The molecular weight excluding hydrogens is 218 g/mol. The van der Waals surface area contributed by atoms with Crippen LogP contribution in [-0.2, 0) is 0 Å². The van der Waals surface area contributed by atoms with Gasteiger partial charge >= 0.3 is 0 Å². The Morgan fingerprint density at radius 1 is 1.31 bits per heavy atom. The average Bonchev–Trinajstić information content (AvgIpc) is 2.60. The van der Waals surface area contributed by atoms with Gasteiger partial charge in [-0.15, -0.1) is 0 Å². The molecule has 0 aromatic carbocycles. The number of thioether (sulfide) groups is 1. The zero-order valence-corrected chi connectivity index (χ0v) is 12.0. The minimum Gasteiger partial charge on any atom is -0.329 e. The van der Waals surface area contributed by atoms with Crippen LogP contribution in [0.15, 0.2) is 0 Å². The summed E-state index contributed by atoms with van der Waals surface area (Å²) in [4.78, 5) is 4.75. The number of nitrogens with two attached hydrogens (primary N) is 1. The van der Waals surface area contributed by atoms with Crippen molar-refractivity contribution < 1.29 is 0 Å². The van der Waals surface area contributed by atoms with Gasteiger partial charge in [0.15, 0.2) is 0 Å². The van der Waals surface area contributed by atoms with E-state index in [1.54, 1.807) is 0 Å². The maximum absolute atomic E-state index is 6.03. The van der Waals surface area contributed by atoms with Crippen molar-refractivity contribution in [3.05, 3.63) is 0 Å². The van der Waals surface area contributed by atoms with Crippen LogP contribution in [0.2, 0.25) is 0 Å². The second-order valence-electron chi connectivity index (χ2n) is 5.15. The van der Waals surface area contributed by atoms with Gasteiger partial charge in [0, 0.05) is 17.3 Å². The summed E-state index contributed by atoms with van der Waals surface area (Å²) in [6.07, 6.45) is 2.47. The monoisotopic (exact) mass is 245 g/mol. The Morgan fingerprint density at radius 2 is 2.00 bits per heavy atom. The summed E-state index contributed by atoms with van der Waals surface area (Å²) >= 11 is 2.06. The lowest BCUT2D eigenvalue weighted by Gasteiger charge is -2.41. The first-order valence-corrected chi connectivity index (χ1v) is 7.25. The minimum absolute atomic E-state index is 0.247. The molecule has 4 heteroatoms. The summed E-state index contributed by atoms with van der Waals surface area (Å²) in [7, 11) is 6.50. The quantitative estimate of drug-likeness (QED) is 0.759. The highest BCUT2D eigenvalue weighted by atomic mass is 32.2. The third kappa shape index (κ3) is 3.13. The van der Waals surface area contributed by atoms with Crippen LogP contribution in [-0.4, -0.2) is 67.1 Å². The molecular formula is C12H27N3S. The molecule has 1 aliphatic heterocycles. The Morgan fingerprint density at radius 3 is 2.44 bits per heavy atom. The van der Waals surface area contributed by atoms with Crippen molar-refractivity contribution in [1.29, 1.82) is 0 Å². The highest BCUT2D eigenvalue weighted by Gasteiger charge is 2.42. The van der Waals surface area contributed by atoms with Crippen molar-refractivity contribution >= 4 is 11.8 Å². The fourth-order valence-corrected chi connectivity index (χ4v) is 4.07. The molecule has 3 nitrogen and oxygen atoms in total. The molecule has 0 radical (unpaired) electrons.